The summed E-state index contributed by atoms with van der Waals surface area (Å²) in [6.45, 7) is 3.86. The van der Waals surface area contributed by atoms with E-state index >= 15 is 0 Å². The largest absolute Gasteiger partial charge is 0.385 e. The molecular weight excluding hydrogens is 262 g/mol. The summed E-state index contributed by atoms with van der Waals surface area (Å²) in [7, 11) is 0. The zero-order chi connectivity index (χ0) is 14.7. The van der Waals surface area contributed by atoms with Gasteiger partial charge in [-0.3, -0.25) is 9.78 Å². The summed E-state index contributed by atoms with van der Waals surface area (Å²) in [6.07, 6.45) is 8.18. The SMILES string of the molecule is CCCNc1ccnc(C(=O)NCC(C2CC2)C2CC2)c1. The molecule has 2 N–H and O–H groups in total. The lowest BCUT2D eigenvalue weighted by Crippen LogP contribution is -2.31. The van der Waals surface area contributed by atoms with Crippen LogP contribution in [-0.2, 0) is 0 Å². The molecule has 4 nitrogen and oxygen atoms in total. The van der Waals surface area contributed by atoms with E-state index in [1.807, 2.05) is 12.1 Å². The monoisotopic (exact) mass is 287 g/mol. The van der Waals surface area contributed by atoms with Crippen LogP contribution in [-0.4, -0.2) is 24.0 Å². The minimum Gasteiger partial charge on any atom is -0.385 e. The van der Waals surface area contributed by atoms with Gasteiger partial charge >= 0.3 is 0 Å². The van der Waals surface area contributed by atoms with Gasteiger partial charge in [0.2, 0.25) is 0 Å². The molecule has 0 unspecified atom stereocenters. The van der Waals surface area contributed by atoms with Crippen molar-refractivity contribution in [2.45, 2.75) is 39.0 Å². The van der Waals surface area contributed by atoms with E-state index in [9.17, 15) is 4.79 Å². The Bertz CT molecular complexity index is 483. The van der Waals surface area contributed by atoms with Crippen LogP contribution in [0.2, 0.25) is 0 Å². The first-order valence-electron chi connectivity index (χ1n) is 8.26. The molecule has 4 heteroatoms. The standard InChI is InChI=1S/C17H25N3O/c1-2-8-18-14-7-9-19-16(10-14)17(21)20-11-15(12-3-4-12)13-5-6-13/h7,9-10,12-13,15H,2-6,8,11H2,1H3,(H,18,19)(H,20,21). The summed E-state index contributed by atoms with van der Waals surface area (Å²) in [5, 5.41) is 6.39. The van der Waals surface area contributed by atoms with Crippen molar-refractivity contribution < 1.29 is 4.79 Å². The third-order valence-corrected chi connectivity index (χ3v) is 4.53. The lowest BCUT2D eigenvalue weighted by molar-refractivity contribution is 0.0938. The second-order valence-electron chi connectivity index (χ2n) is 6.41. The van der Waals surface area contributed by atoms with Crippen molar-refractivity contribution in [3.05, 3.63) is 24.0 Å². The van der Waals surface area contributed by atoms with Gasteiger partial charge in [-0.05, 0) is 62.0 Å². The molecule has 0 bridgehead atoms. The van der Waals surface area contributed by atoms with Gasteiger partial charge in [-0.1, -0.05) is 6.92 Å². The van der Waals surface area contributed by atoms with Crippen LogP contribution in [0.4, 0.5) is 5.69 Å². The van der Waals surface area contributed by atoms with Gasteiger partial charge in [-0.25, -0.2) is 0 Å². The molecule has 0 atom stereocenters. The normalized spacial score (nSPS) is 17.8. The fourth-order valence-corrected chi connectivity index (χ4v) is 3.00. The number of hydrogen-bond acceptors (Lipinski definition) is 3. The molecule has 1 aromatic rings. The summed E-state index contributed by atoms with van der Waals surface area (Å²) in [4.78, 5) is 16.5. The number of carbonyl (C=O) groups is 1. The molecular formula is C17H25N3O. The Morgan fingerprint density at radius 1 is 1.33 bits per heavy atom. The molecule has 1 aromatic heterocycles. The van der Waals surface area contributed by atoms with Gasteiger partial charge in [0.1, 0.15) is 5.69 Å². The summed E-state index contributed by atoms with van der Waals surface area (Å²) in [5.41, 5.74) is 1.49. The maximum Gasteiger partial charge on any atom is 0.269 e. The molecule has 1 amide bonds. The van der Waals surface area contributed by atoms with E-state index in [2.05, 4.69) is 22.5 Å². The fourth-order valence-electron chi connectivity index (χ4n) is 3.00. The number of nitrogens with one attached hydrogen (secondary N) is 2. The summed E-state index contributed by atoms with van der Waals surface area (Å²) >= 11 is 0. The lowest BCUT2D eigenvalue weighted by atomic mass is 9.98. The van der Waals surface area contributed by atoms with Gasteiger partial charge < -0.3 is 10.6 Å². The fraction of sp³-hybridized carbons (Fsp3) is 0.647. The molecule has 0 saturated heterocycles. The van der Waals surface area contributed by atoms with Gasteiger partial charge in [0.05, 0.1) is 0 Å². The number of hydrogen-bond donors (Lipinski definition) is 2. The minimum absolute atomic E-state index is 0.0403. The van der Waals surface area contributed by atoms with Crippen LogP contribution in [0.25, 0.3) is 0 Å². The zero-order valence-corrected chi connectivity index (χ0v) is 12.8. The molecule has 3 rings (SSSR count). The highest BCUT2D eigenvalue weighted by Gasteiger charge is 2.41. The molecule has 2 saturated carbocycles. The Kier molecular flexibility index (Phi) is 4.42. The smallest absolute Gasteiger partial charge is 0.269 e. The predicted molar refractivity (Wildman–Crippen MR) is 84.3 cm³/mol. The van der Waals surface area contributed by atoms with Gasteiger partial charge in [-0.2, -0.15) is 0 Å². The van der Waals surface area contributed by atoms with E-state index in [1.54, 1.807) is 6.20 Å². The van der Waals surface area contributed by atoms with Gasteiger partial charge in [0.15, 0.2) is 0 Å². The van der Waals surface area contributed by atoms with Crippen LogP contribution in [0.1, 0.15) is 49.5 Å². The summed E-state index contributed by atoms with van der Waals surface area (Å²) < 4.78 is 0. The third-order valence-electron chi connectivity index (χ3n) is 4.53. The molecule has 0 radical (unpaired) electrons. The van der Waals surface area contributed by atoms with E-state index in [1.165, 1.54) is 25.7 Å². The molecule has 21 heavy (non-hydrogen) atoms. The number of carbonyl (C=O) groups excluding carboxylic acids is 1. The third kappa shape index (κ3) is 3.96. The highest BCUT2D eigenvalue weighted by atomic mass is 16.1. The van der Waals surface area contributed by atoms with Crippen LogP contribution in [0.15, 0.2) is 18.3 Å². The van der Waals surface area contributed by atoms with Crippen molar-refractivity contribution in [1.29, 1.82) is 0 Å². The summed E-state index contributed by atoms with van der Waals surface area (Å²) in [6, 6.07) is 3.75. The maximum atomic E-state index is 12.3. The molecule has 1 heterocycles. The van der Waals surface area contributed by atoms with Gasteiger partial charge in [-0.15, -0.1) is 0 Å². The van der Waals surface area contributed by atoms with E-state index in [0.29, 0.717) is 11.6 Å². The number of amides is 1. The van der Waals surface area contributed by atoms with E-state index in [4.69, 9.17) is 0 Å². The zero-order valence-electron chi connectivity index (χ0n) is 12.8. The molecule has 2 aliphatic carbocycles. The number of nitrogens with zero attached hydrogens (tertiary/aromatic N) is 1. The Morgan fingerprint density at radius 3 is 2.67 bits per heavy atom. The minimum atomic E-state index is -0.0403. The van der Waals surface area contributed by atoms with Crippen LogP contribution in [0, 0.1) is 17.8 Å². The Morgan fingerprint density at radius 2 is 2.05 bits per heavy atom. The molecule has 2 aliphatic rings. The van der Waals surface area contributed by atoms with E-state index < -0.39 is 0 Å². The summed E-state index contributed by atoms with van der Waals surface area (Å²) in [5.74, 6) is 2.39. The van der Waals surface area contributed by atoms with Gasteiger partial charge in [0.25, 0.3) is 5.91 Å². The number of aromatic nitrogens is 1. The Labute approximate surface area is 126 Å². The predicted octanol–water partition coefficient (Wildman–Crippen LogP) is 3.07. The number of pyridine rings is 1. The molecule has 0 spiro atoms. The van der Waals surface area contributed by atoms with E-state index in [-0.39, 0.29) is 5.91 Å². The molecule has 114 valence electrons. The maximum absolute atomic E-state index is 12.3. The molecule has 0 aliphatic heterocycles. The quantitative estimate of drug-likeness (QED) is 0.772. The van der Waals surface area contributed by atoms with Crippen molar-refractivity contribution in [2.24, 2.45) is 17.8 Å². The van der Waals surface area contributed by atoms with Crippen LogP contribution < -0.4 is 10.6 Å². The van der Waals surface area contributed by atoms with Crippen molar-refractivity contribution in [1.82, 2.24) is 10.3 Å². The molecule has 0 aromatic carbocycles. The molecule has 2 fully saturated rings. The van der Waals surface area contributed by atoms with Crippen molar-refractivity contribution in [2.75, 3.05) is 18.4 Å². The average Bonchev–Trinajstić information content (AvgIpc) is 3.38. The highest BCUT2D eigenvalue weighted by Crippen LogP contribution is 2.48. The first kappa shape index (κ1) is 14.4. The second kappa shape index (κ2) is 6.46. The van der Waals surface area contributed by atoms with Crippen molar-refractivity contribution in [3.63, 3.8) is 0 Å². The average molecular weight is 287 g/mol. The van der Waals surface area contributed by atoms with Crippen LogP contribution in [0.3, 0.4) is 0 Å². The van der Waals surface area contributed by atoms with Crippen molar-refractivity contribution >= 4 is 11.6 Å². The van der Waals surface area contributed by atoms with Crippen LogP contribution >= 0.6 is 0 Å². The number of anilines is 1. The van der Waals surface area contributed by atoms with Crippen molar-refractivity contribution in [3.8, 4) is 0 Å². The first-order chi connectivity index (χ1) is 10.3. The van der Waals surface area contributed by atoms with Crippen LogP contribution in [0.5, 0.6) is 0 Å². The van der Waals surface area contributed by atoms with E-state index in [0.717, 1.165) is 37.0 Å². The topological polar surface area (TPSA) is 54.0 Å². The second-order valence-corrected chi connectivity index (χ2v) is 6.41. The van der Waals surface area contributed by atoms with Gasteiger partial charge in [0, 0.05) is 25.0 Å². The number of rotatable bonds is 8. The highest BCUT2D eigenvalue weighted by molar-refractivity contribution is 5.93. The first-order valence-corrected chi connectivity index (χ1v) is 8.26. The lowest BCUT2D eigenvalue weighted by Gasteiger charge is -2.16. The Balaban J connectivity index is 1.54. The Hall–Kier alpha value is -1.58.